The van der Waals surface area contributed by atoms with Crippen LogP contribution < -0.4 is 10.1 Å². The molecule has 24 heavy (non-hydrogen) atoms. The van der Waals surface area contributed by atoms with Crippen LogP contribution in [-0.4, -0.2) is 66.2 Å². The number of aromatic nitrogens is 1. The average molecular weight is 332 g/mol. The first-order chi connectivity index (χ1) is 11.7. The maximum absolute atomic E-state index is 12.4. The van der Waals surface area contributed by atoms with Crippen molar-refractivity contribution in [2.45, 2.75) is 32.3 Å². The molecule has 2 fully saturated rings. The van der Waals surface area contributed by atoms with Crippen LogP contribution in [0.2, 0.25) is 0 Å². The molecule has 3 rings (SSSR count). The van der Waals surface area contributed by atoms with Gasteiger partial charge in [0.15, 0.2) is 0 Å². The first-order valence-corrected chi connectivity index (χ1v) is 9.06. The molecule has 132 valence electrons. The van der Waals surface area contributed by atoms with Crippen molar-refractivity contribution in [3.05, 3.63) is 24.5 Å². The lowest BCUT2D eigenvalue weighted by molar-refractivity contribution is 0.169. The van der Waals surface area contributed by atoms with E-state index in [1.807, 2.05) is 17.0 Å². The Kier molecular flexibility index (Phi) is 5.91. The van der Waals surface area contributed by atoms with Gasteiger partial charge in [0, 0.05) is 38.4 Å². The summed E-state index contributed by atoms with van der Waals surface area (Å²) in [6.45, 7) is 7.79. The number of hydrogen-bond donors (Lipinski definition) is 1. The van der Waals surface area contributed by atoms with Crippen molar-refractivity contribution in [2.75, 3.05) is 39.3 Å². The van der Waals surface area contributed by atoms with Crippen LogP contribution in [0.1, 0.15) is 26.2 Å². The minimum Gasteiger partial charge on any atom is -0.488 e. The maximum Gasteiger partial charge on any atom is 0.317 e. The van der Waals surface area contributed by atoms with Gasteiger partial charge in [-0.1, -0.05) is 6.92 Å². The second-order valence-electron chi connectivity index (χ2n) is 6.75. The van der Waals surface area contributed by atoms with Crippen LogP contribution in [0, 0.1) is 5.92 Å². The minimum absolute atomic E-state index is 0.0458. The van der Waals surface area contributed by atoms with Crippen molar-refractivity contribution in [1.29, 1.82) is 0 Å². The highest BCUT2D eigenvalue weighted by atomic mass is 16.5. The number of carbonyl (C=O) groups excluding carboxylic acids is 1. The van der Waals surface area contributed by atoms with Crippen LogP contribution in [0.25, 0.3) is 0 Å². The third-order valence-electron chi connectivity index (χ3n) is 4.98. The van der Waals surface area contributed by atoms with E-state index in [-0.39, 0.29) is 12.1 Å². The normalized spacial score (nSPS) is 24.8. The fraction of sp³-hybridized carbons (Fsp3) is 0.667. The molecule has 1 aromatic heterocycles. The Bertz CT molecular complexity index is 525. The molecule has 0 aliphatic carbocycles. The van der Waals surface area contributed by atoms with Crippen molar-refractivity contribution < 1.29 is 9.53 Å². The van der Waals surface area contributed by atoms with Crippen LogP contribution in [0.4, 0.5) is 4.79 Å². The molecule has 2 saturated heterocycles. The summed E-state index contributed by atoms with van der Waals surface area (Å²) >= 11 is 0. The molecule has 6 nitrogen and oxygen atoms in total. The van der Waals surface area contributed by atoms with Gasteiger partial charge in [0.1, 0.15) is 11.9 Å². The quantitative estimate of drug-likeness (QED) is 0.896. The van der Waals surface area contributed by atoms with E-state index in [0.29, 0.717) is 12.5 Å². The van der Waals surface area contributed by atoms with Crippen LogP contribution >= 0.6 is 0 Å². The Morgan fingerprint density at radius 2 is 2.12 bits per heavy atom. The summed E-state index contributed by atoms with van der Waals surface area (Å²) in [4.78, 5) is 20.7. The van der Waals surface area contributed by atoms with E-state index in [9.17, 15) is 4.79 Å². The number of pyridine rings is 1. The molecule has 0 radical (unpaired) electrons. The van der Waals surface area contributed by atoms with Gasteiger partial charge < -0.3 is 19.9 Å². The number of rotatable bonds is 5. The Morgan fingerprint density at radius 1 is 1.29 bits per heavy atom. The van der Waals surface area contributed by atoms with Crippen molar-refractivity contribution in [3.8, 4) is 5.75 Å². The fourth-order valence-corrected chi connectivity index (χ4v) is 3.57. The lowest BCUT2D eigenvalue weighted by Gasteiger charge is -2.32. The highest BCUT2D eigenvalue weighted by Crippen LogP contribution is 2.18. The third-order valence-corrected chi connectivity index (χ3v) is 4.98. The zero-order chi connectivity index (χ0) is 16.8. The Hall–Kier alpha value is -1.82. The molecule has 2 aliphatic heterocycles. The lowest BCUT2D eigenvalue weighted by atomic mass is 9.98. The smallest absolute Gasteiger partial charge is 0.317 e. The molecule has 0 saturated carbocycles. The number of urea groups is 1. The van der Waals surface area contributed by atoms with Crippen LogP contribution in [0.3, 0.4) is 0 Å². The summed E-state index contributed by atoms with van der Waals surface area (Å²) in [5.74, 6) is 1.40. The van der Waals surface area contributed by atoms with E-state index in [2.05, 4.69) is 22.1 Å². The molecular formula is C18H28N4O2. The molecular weight excluding hydrogens is 304 g/mol. The maximum atomic E-state index is 12.4. The fourth-order valence-electron chi connectivity index (χ4n) is 3.57. The topological polar surface area (TPSA) is 57.7 Å². The van der Waals surface area contributed by atoms with E-state index < -0.39 is 0 Å². The molecule has 1 N–H and O–H groups in total. The summed E-state index contributed by atoms with van der Waals surface area (Å²) in [6, 6.07) is 3.75. The van der Waals surface area contributed by atoms with Crippen molar-refractivity contribution in [2.24, 2.45) is 5.92 Å². The van der Waals surface area contributed by atoms with Gasteiger partial charge in [-0.05, 0) is 44.0 Å². The van der Waals surface area contributed by atoms with Crippen LogP contribution in [0.15, 0.2) is 24.5 Å². The second-order valence-corrected chi connectivity index (χ2v) is 6.75. The first-order valence-electron chi connectivity index (χ1n) is 9.06. The van der Waals surface area contributed by atoms with Gasteiger partial charge in [-0.25, -0.2) is 4.79 Å². The molecule has 2 amide bonds. The molecule has 6 heteroatoms. The average Bonchev–Trinajstić information content (AvgIpc) is 3.09. The van der Waals surface area contributed by atoms with Gasteiger partial charge in [0.25, 0.3) is 0 Å². The zero-order valence-corrected chi connectivity index (χ0v) is 14.5. The summed E-state index contributed by atoms with van der Waals surface area (Å²) < 4.78 is 5.91. The first kappa shape index (κ1) is 17.0. The molecule has 2 aliphatic rings. The largest absolute Gasteiger partial charge is 0.488 e. The van der Waals surface area contributed by atoms with Crippen molar-refractivity contribution in [3.63, 3.8) is 0 Å². The minimum atomic E-state index is 0.0458. The van der Waals surface area contributed by atoms with E-state index in [1.54, 1.807) is 12.4 Å². The molecule has 1 aromatic rings. The molecule has 0 aromatic carbocycles. The van der Waals surface area contributed by atoms with Gasteiger partial charge >= 0.3 is 6.03 Å². The predicted molar refractivity (Wildman–Crippen MR) is 93.1 cm³/mol. The summed E-state index contributed by atoms with van der Waals surface area (Å²) in [7, 11) is 0. The number of carbonyl (C=O) groups is 1. The molecule has 0 bridgehead atoms. The lowest BCUT2D eigenvalue weighted by Crippen LogP contribution is -2.45. The van der Waals surface area contributed by atoms with Gasteiger partial charge in [0.05, 0.1) is 6.54 Å². The number of hydrogen-bond acceptors (Lipinski definition) is 4. The zero-order valence-electron chi connectivity index (χ0n) is 14.5. The molecule has 2 atom stereocenters. The Morgan fingerprint density at radius 3 is 2.92 bits per heavy atom. The van der Waals surface area contributed by atoms with Crippen LogP contribution in [0.5, 0.6) is 5.75 Å². The monoisotopic (exact) mass is 332 g/mol. The van der Waals surface area contributed by atoms with Gasteiger partial charge in [-0.2, -0.15) is 0 Å². The van der Waals surface area contributed by atoms with E-state index in [1.165, 1.54) is 19.4 Å². The molecule has 0 spiro atoms. The van der Waals surface area contributed by atoms with E-state index in [4.69, 9.17) is 4.74 Å². The van der Waals surface area contributed by atoms with E-state index in [0.717, 1.165) is 38.3 Å². The summed E-state index contributed by atoms with van der Waals surface area (Å²) in [5.41, 5.74) is 0. The highest BCUT2D eigenvalue weighted by Gasteiger charge is 2.28. The predicted octanol–water partition coefficient (Wildman–Crippen LogP) is 1.98. The second kappa shape index (κ2) is 8.33. The number of amides is 2. The third kappa shape index (κ3) is 4.60. The number of piperidine rings is 1. The van der Waals surface area contributed by atoms with E-state index >= 15 is 0 Å². The Balaban J connectivity index is 1.40. The number of ether oxygens (including phenoxy) is 1. The summed E-state index contributed by atoms with van der Waals surface area (Å²) in [6.07, 6.45) is 6.84. The standard InChI is InChI=1S/C18H28N4O2/c1-2-21-10-3-4-15(13-21)12-20-18(23)22-11-7-17(14-22)24-16-5-8-19-9-6-16/h5-6,8-9,15,17H,2-4,7,10-14H2,1H3,(H,20,23)/t15-,17-/m1/s1. The van der Waals surface area contributed by atoms with Gasteiger partial charge in [-0.3, -0.25) is 4.98 Å². The number of nitrogens with one attached hydrogen (secondary N) is 1. The van der Waals surface area contributed by atoms with Crippen molar-refractivity contribution >= 4 is 6.03 Å². The van der Waals surface area contributed by atoms with Gasteiger partial charge in [0.2, 0.25) is 0 Å². The number of nitrogens with zero attached hydrogens (tertiary/aromatic N) is 3. The highest BCUT2D eigenvalue weighted by molar-refractivity contribution is 5.74. The van der Waals surface area contributed by atoms with Gasteiger partial charge in [-0.15, -0.1) is 0 Å². The molecule has 0 unspecified atom stereocenters. The van der Waals surface area contributed by atoms with Crippen molar-refractivity contribution in [1.82, 2.24) is 20.1 Å². The molecule has 3 heterocycles. The summed E-state index contributed by atoms with van der Waals surface area (Å²) in [5, 5.41) is 3.12. The Labute approximate surface area is 144 Å². The van der Waals surface area contributed by atoms with Crippen LogP contribution in [-0.2, 0) is 0 Å². The number of likely N-dealkylation sites (tertiary alicyclic amines) is 2. The SMILES string of the molecule is CCN1CCC[C@H](CNC(=O)N2CC[C@@H](Oc3ccncc3)C2)C1.